The molecule has 0 radical (unpaired) electrons. The van der Waals surface area contributed by atoms with Crippen LogP contribution in [0.3, 0.4) is 0 Å². The van der Waals surface area contributed by atoms with E-state index in [2.05, 4.69) is 21.0 Å². The van der Waals surface area contributed by atoms with E-state index in [4.69, 9.17) is 14.7 Å². The van der Waals surface area contributed by atoms with Gasteiger partial charge in [-0.25, -0.2) is 9.97 Å². The number of nitrogens with zero attached hydrogens (tertiary/aromatic N) is 6. The van der Waals surface area contributed by atoms with Gasteiger partial charge in [0.05, 0.1) is 31.0 Å². The van der Waals surface area contributed by atoms with Gasteiger partial charge in [0.15, 0.2) is 5.82 Å². The standard InChI is InChI=1S/C22H22N6O/c1-16-12-24-28(13-16)15-18-14-27(10-11-29-18)22-19-4-2-3-5-20(19)25-21(26-22)17-6-8-23-9-7-17/h2-9,12-13,18H,10-11,14-15H2,1H3. The number of aryl methyl sites for hydroxylation is 1. The minimum atomic E-state index is 0.0566. The second-order valence-electron chi connectivity index (χ2n) is 7.30. The number of benzene rings is 1. The molecule has 0 aliphatic carbocycles. The fourth-order valence-corrected chi connectivity index (χ4v) is 3.73. The van der Waals surface area contributed by atoms with Gasteiger partial charge in [-0.05, 0) is 36.8 Å². The van der Waals surface area contributed by atoms with E-state index in [0.717, 1.165) is 47.5 Å². The highest BCUT2D eigenvalue weighted by molar-refractivity contribution is 5.91. The molecule has 146 valence electrons. The van der Waals surface area contributed by atoms with E-state index in [-0.39, 0.29) is 6.10 Å². The van der Waals surface area contributed by atoms with E-state index in [1.165, 1.54) is 0 Å². The van der Waals surface area contributed by atoms with Crippen LogP contribution in [-0.4, -0.2) is 50.5 Å². The van der Waals surface area contributed by atoms with Crippen LogP contribution < -0.4 is 4.90 Å². The monoisotopic (exact) mass is 386 g/mol. The average molecular weight is 386 g/mol. The van der Waals surface area contributed by atoms with Crippen molar-refractivity contribution in [1.29, 1.82) is 0 Å². The Hall–Kier alpha value is -3.32. The van der Waals surface area contributed by atoms with Crippen molar-refractivity contribution in [2.24, 2.45) is 0 Å². The Bertz CT molecular complexity index is 1130. The van der Waals surface area contributed by atoms with Gasteiger partial charge in [-0.15, -0.1) is 0 Å². The number of pyridine rings is 1. The lowest BCUT2D eigenvalue weighted by atomic mass is 10.1. The molecule has 7 nitrogen and oxygen atoms in total. The summed E-state index contributed by atoms with van der Waals surface area (Å²) >= 11 is 0. The predicted molar refractivity (Wildman–Crippen MR) is 112 cm³/mol. The van der Waals surface area contributed by atoms with Gasteiger partial charge in [0.2, 0.25) is 0 Å². The molecule has 0 amide bonds. The maximum Gasteiger partial charge on any atom is 0.162 e. The molecule has 1 aliphatic heterocycles. The highest BCUT2D eigenvalue weighted by Gasteiger charge is 2.24. The van der Waals surface area contributed by atoms with Crippen LogP contribution >= 0.6 is 0 Å². The Morgan fingerprint density at radius 3 is 2.79 bits per heavy atom. The smallest absolute Gasteiger partial charge is 0.162 e. The van der Waals surface area contributed by atoms with Crippen LogP contribution in [-0.2, 0) is 11.3 Å². The fraction of sp³-hybridized carbons (Fsp3) is 0.273. The summed E-state index contributed by atoms with van der Waals surface area (Å²) in [4.78, 5) is 16.1. The van der Waals surface area contributed by atoms with E-state index in [1.54, 1.807) is 12.4 Å². The molecule has 1 aliphatic rings. The molecule has 0 saturated carbocycles. The number of para-hydroxylation sites is 1. The summed E-state index contributed by atoms with van der Waals surface area (Å²) in [6.07, 6.45) is 7.51. The molecule has 0 bridgehead atoms. The van der Waals surface area contributed by atoms with E-state index in [0.29, 0.717) is 12.4 Å². The summed E-state index contributed by atoms with van der Waals surface area (Å²) in [5.41, 5.74) is 3.06. The van der Waals surface area contributed by atoms with Gasteiger partial charge in [-0.3, -0.25) is 9.67 Å². The molecule has 0 spiro atoms. The second-order valence-corrected chi connectivity index (χ2v) is 7.30. The number of fused-ring (bicyclic) bond motifs is 1. The van der Waals surface area contributed by atoms with Crippen molar-refractivity contribution < 1.29 is 4.74 Å². The predicted octanol–water partition coefficient (Wildman–Crippen LogP) is 3.10. The quantitative estimate of drug-likeness (QED) is 0.537. The summed E-state index contributed by atoms with van der Waals surface area (Å²) in [5, 5.41) is 5.45. The first-order valence-corrected chi connectivity index (χ1v) is 9.79. The molecule has 1 atom stereocenters. The largest absolute Gasteiger partial charge is 0.373 e. The summed E-state index contributed by atoms with van der Waals surface area (Å²) in [6.45, 7) is 4.99. The summed E-state index contributed by atoms with van der Waals surface area (Å²) in [5.74, 6) is 1.67. The highest BCUT2D eigenvalue weighted by Crippen LogP contribution is 2.28. The molecule has 0 N–H and O–H groups in total. The molecule has 4 aromatic rings. The third-order valence-corrected chi connectivity index (χ3v) is 5.11. The van der Waals surface area contributed by atoms with Gasteiger partial charge in [0.1, 0.15) is 5.82 Å². The van der Waals surface area contributed by atoms with E-state index < -0.39 is 0 Å². The fourth-order valence-electron chi connectivity index (χ4n) is 3.73. The van der Waals surface area contributed by atoms with Crippen molar-refractivity contribution in [3.8, 4) is 11.4 Å². The molecule has 3 aromatic heterocycles. The molecular weight excluding hydrogens is 364 g/mol. The number of hydrogen-bond acceptors (Lipinski definition) is 6. The second kappa shape index (κ2) is 7.60. The van der Waals surface area contributed by atoms with Gasteiger partial charge in [0, 0.05) is 42.6 Å². The van der Waals surface area contributed by atoms with E-state index in [9.17, 15) is 0 Å². The molecule has 1 aromatic carbocycles. The summed E-state index contributed by atoms with van der Waals surface area (Å²) in [7, 11) is 0. The number of ether oxygens (including phenoxy) is 1. The number of hydrogen-bond donors (Lipinski definition) is 0. The third-order valence-electron chi connectivity index (χ3n) is 5.11. The van der Waals surface area contributed by atoms with Gasteiger partial charge in [0.25, 0.3) is 0 Å². The Kier molecular flexibility index (Phi) is 4.65. The van der Waals surface area contributed by atoms with Gasteiger partial charge in [-0.1, -0.05) is 12.1 Å². The first-order chi connectivity index (χ1) is 14.3. The Labute approximate surface area is 169 Å². The van der Waals surface area contributed by atoms with Crippen LogP contribution in [0.15, 0.2) is 61.2 Å². The SMILES string of the molecule is Cc1cnn(CC2CN(c3nc(-c4ccncc4)nc4ccccc34)CCO2)c1. The molecule has 1 unspecified atom stereocenters. The van der Waals surface area contributed by atoms with Crippen molar-refractivity contribution in [2.75, 3.05) is 24.6 Å². The lowest BCUT2D eigenvalue weighted by Crippen LogP contribution is -2.44. The van der Waals surface area contributed by atoms with Gasteiger partial charge >= 0.3 is 0 Å². The van der Waals surface area contributed by atoms with Crippen molar-refractivity contribution >= 4 is 16.7 Å². The Morgan fingerprint density at radius 1 is 1.10 bits per heavy atom. The lowest BCUT2D eigenvalue weighted by molar-refractivity contribution is 0.0273. The van der Waals surface area contributed by atoms with Crippen LogP contribution in [0.5, 0.6) is 0 Å². The van der Waals surface area contributed by atoms with E-state index in [1.807, 2.05) is 54.3 Å². The topological polar surface area (TPSA) is 69.0 Å². The van der Waals surface area contributed by atoms with Crippen LogP contribution in [0.1, 0.15) is 5.56 Å². The zero-order valence-electron chi connectivity index (χ0n) is 16.3. The minimum Gasteiger partial charge on any atom is -0.373 e. The molecular formula is C22H22N6O. The van der Waals surface area contributed by atoms with Gasteiger partial charge < -0.3 is 9.64 Å². The zero-order valence-corrected chi connectivity index (χ0v) is 16.3. The summed E-state index contributed by atoms with van der Waals surface area (Å²) in [6, 6.07) is 12.0. The normalized spacial score (nSPS) is 17.0. The number of morpholine rings is 1. The van der Waals surface area contributed by atoms with E-state index >= 15 is 0 Å². The van der Waals surface area contributed by atoms with Crippen molar-refractivity contribution in [3.05, 3.63) is 66.7 Å². The third kappa shape index (κ3) is 3.69. The number of aromatic nitrogens is 5. The van der Waals surface area contributed by atoms with Gasteiger partial charge in [-0.2, -0.15) is 5.10 Å². The van der Waals surface area contributed by atoms with Crippen molar-refractivity contribution in [1.82, 2.24) is 24.7 Å². The maximum atomic E-state index is 6.02. The van der Waals surface area contributed by atoms with Crippen LogP contribution in [0.4, 0.5) is 5.82 Å². The van der Waals surface area contributed by atoms with Crippen LogP contribution in [0.25, 0.3) is 22.3 Å². The number of anilines is 1. The molecule has 1 saturated heterocycles. The highest BCUT2D eigenvalue weighted by atomic mass is 16.5. The summed E-state index contributed by atoms with van der Waals surface area (Å²) < 4.78 is 7.96. The maximum absolute atomic E-state index is 6.02. The van der Waals surface area contributed by atoms with Crippen LogP contribution in [0, 0.1) is 6.92 Å². The van der Waals surface area contributed by atoms with Crippen molar-refractivity contribution in [3.63, 3.8) is 0 Å². The molecule has 1 fully saturated rings. The first-order valence-electron chi connectivity index (χ1n) is 9.79. The minimum absolute atomic E-state index is 0.0566. The zero-order chi connectivity index (χ0) is 19.6. The van der Waals surface area contributed by atoms with Crippen molar-refractivity contribution in [2.45, 2.75) is 19.6 Å². The Morgan fingerprint density at radius 2 is 1.97 bits per heavy atom. The Balaban J connectivity index is 1.49. The average Bonchev–Trinajstić information content (AvgIpc) is 3.18. The number of rotatable bonds is 4. The van der Waals surface area contributed by atoms with Crippen LogP contribution in [0.2, 0.25) is 0 Å². The first kappa shape index (κ1) is 17.8. The lowest BCUT2D eigenvalue weighted by Gasteiger charge is -2.34. The molecule has 4 heterocycles. The molecule has 7 heteroatoms. The molecule has 5 rings (SSSR count). The molecule has 29 heavy (non-hydrogen) atoms.